The van der Waals surface area contributed by atoms with Crippen LogP contribution in [0.2, 0.25) is 5.02 Å². The van der Waals surface area contributed by atoms with E-state index in [0.717, 1.165) is 6.07 Å². The third kappa shape index (κ3) is 2.78. The molecule has 2 rings (SSSR count). The lowest BCUT2D eigenvalue weighted by Crippen LogP contribution is -2.13. The Bertz CT molecular complexity index is 601. The molecule has 0 heterocycles. The normalized spacial score (nSPS) is 10.1. The number of hydrogen-bond acceptors (Lipinski definition) is 2. The van der Waals surface area contributed by atoms with Crippen LogP contribution in [-0.4, -0.2) is 5.91 Å². The fourth-order valence-electron chi connectivity index (χ4n) is 1.49. The van der Waals surface area contributed by atoms with Gasteiger partial charge in [-0.15, -0.1) is 0 Å². The van der Waals surface area contributed by atoms with E-state index < -0.39 is 11.7 Å². The highest BCUT2D eigenvalue weighted by Gasteiger charge is 2.12. The van der Waals surface area contributed by atoms with Gasteiger partial charge in [0.2, 0.25) is 0 Å². The van der Waals surface area contributed by atoms with Crippen molar-refractivity contribution < 1.29 is 9.18 Å². The molecule has 0 radical (unpaired) electrons. The monoisotopic (exact) mass is 264 g/mol. The smallest absolute Gasteiger partial charge is 0.258 e. The van der Waals surface area contributed by atoms with Crippen LogP contribution < -0.4 is 11.1 Å². The summed E-state index contributed by atoms with van der Waals surface area (Å²) < 4.78 is 13.5. The summed E-state index contributed by atoms with van der Waals surface area (Å²) >= 11 is 5.72. The number of nitrogens with one attached hydrogen (secondary N) is 1. The van der Waals surface area contributed by atoms with Crippen molar-refractivity contribution in [3.8, 4) is 0 Å². The van der Waals surface area contributed by atoms with E-state index in [1.54, 1.807) is 24.3 Å². The van der Waals surface area contributed by atoms with E-state index in [1.165, 1.54) is 12.1 Å². The number of benzene rings is 2. The van der Waals surface area contributed by atoms with Gasteiger partial charge in [0.15, 0.2) is 0 Å². The molecule has 0 unspecified atom stereocenters. The lowest BCUT2D eigenvalue weighted by Gasteiger charge is -2.07. The van der Waals surface area contributed by atoms with Crippen LogP contribution in [0.4, 0.5) is 15.8 Å². The van der Waals surface area contributed by atoms with Gasteiger partial charge in [-0.25, -0.2) is 4.39 Å². The Balaban J connectivity index is 2.24. The average Bonchev–Trinajstić information content (AvgIpc) is 2.32. The van der Waals surface area contributed by atoms with Gasteiger partial charge in [0.05, 0.1) is 5.56 Å². The third-order valence-electron chi connectivity index (χ3n) is 2.32. The number of amides is 1. The molecule has 5 heteroatoms. The highest BCUT2D eigenvalue weighted by atomic mass is 35.5. The molecule has 3 N–H and O–H groups in total. The first-order valence-corrected chi connectivity index (χ1v) is 5.56. The van der Waals surface area contributed by atoms with Crippen molar-refractivity contribution in [2.75, 3.05) is 11.1 Å². The van der Waals surface area contributed by atoms with Gasteiger partial charge in [-0.3, -0.25) is 4.79 Å². The van der Waals surface area contributed by atoms with Crippen LogP contribution in [0, 0.1) is 5.82 Å². The number of hydrogen-bond donors (Lipinski definition) is 2. The van der Waals surface area contributed by atoms with Crippen LogP contribution in [-0.2, 0) is 0 Å². The Labute approximate surface area is 108 Å². The van der Waals surface area contributed by atoms with Gasteiger partial charge >= 0.3 is 0 Å². The Hall–Kier alpha value is -2.07. The summed E-state index contributed by atoms with van der Waals surface area (Å²) in [7, 11) is 0. The molecular formula is C13H10ClFN2O. The van der Waals surface area contributed by atoms with Crippen molar-refractivity contribution >= 4 is 28.9 Å². The third-order valence-corrected chi connectivity index (χ3v) is 2.55. The van der Waals surface area contributed by atoms with Crippen LogP contribution in [0.15, 0.2) is 42.5 Å². The second-order valence-corrected chi connectivity index (χ2v) is 4.14. The number of anilines is 2. The van der Waals surface area contributed by atoms with Crippen molar-refractivity contribution in [3.05, 3.63) is 58.9 Å². The molecule has 0 aliphatic heterocycles. The summed E-state index contributed by atoms with van der Waals surface area (Å²) in [5, 5.41) is 2.85. The van der Waals surface area contributed by atoms with Gasteiger partial charge in [-0.05, 0) is 36.4 Å². The standard InChI is InChI=1S/C13H10ClFN2O/c14-8-4-5-12(15)11(6-8)13(18)17-10-3-1-2-9(16)7-10/h1-7H,16H2,(H,17,18). The van der Waals surface area contributed by atoms with Gasteiger partial charge in [-0.2, -0.15) is 0 Å². The molecular weight excluding hydrogens is 255 g/mol. The maximum atomic E-state index is 13.5. The maximum Gasteiger partial charge on any atom is 0.258 e. The molecule has 1 amide bonds. The van der Waals surface area contributed by atoms with E-state index >= 15 is 0 Å². The molecule has 2 aromatic carbocycles. The lowest BCUT2D eigenvalue weighted by molar-refractivity contribution is 0.102. The van der Waals surface area contributed by atoms with E-state index in [0.29, 0.717) is 16.4 Å². The fourth-order valence-corrected chi connectivity index (χ4v) is 1.66. The first-order valence-electron chi connectivity index (χ1n) is 5.18. The summed E-state index contributed by atoms with van der Waals surface area (Å²) in [6, 6.07) is 10.4. The Morgan fingerprint density at radius 3 is 2.72 bits per heavy atom. The predicted octanol–water partition coefficient (Wildman–Crippen LogP) is 3.31. The second-order valence-electron chi connectivity index (χ2n) is 3.70. The minimum atomic E-state index is -0.624. The highest BCUT2D eigenvalue weighted by molar-refractivity contribution is 6.31. The lowest BCUT2D eigenvalue weighted by atomic mass is 10.2. The molecule has 0 saturated carbocycles. The SMILES string of the molecule is Nc1cccc(NC(=O)c2cc(Cl)ccc2F)c1. The zero-order valence-corrected chi connectivity index (χ0v) is 10.0. The average molecular weight is 265 g/mol. The molecule has 0 atom stereocenters. The van der Waals surface area contributed by atoms with Gasteiger partial charge in [0, 0.05) is 16.4 Å². The number of halogens is 2. The van der Waals surface area contributed by atoms with Crippen molar-refractivity contribution in [1.29, 1.82) is 0 Å². The molecule has 0 spiro atoms. The molecule has 2 aromatic rings. The van der Waals surface area contributed by atoms with Crippen LogP contribution in [0.1, 0.15) is 10.4 Å². The number of nitrogen functional groups attached to an aromatic ring is 1. The zero-order chi connectivity index (χ0) is 13.1. The Kier molecular flexibility index (Phi) is 3.48. The largest absolute Gasteiger partial charge is 0.399 e. The molecule has 92 valence electrons. The number of carbonyl (C=O) groups excluding carboxylic acids is 1. The van der Waals surface area contributed by atoms with Crippen LogP contribution in [0.25, 0.3) is 0 Å². The first-order chi connectivity index (χ1) is 8.56. The number of nitrogens with two attached hydrogens (primary N) is 1. The van der Waals surface area contributed by atoms with Crippen molar-refractivity contribution in [2.45, 2.75) is 0 Å². The second kappa shape index (κ2) is 5.06. The van der Waals surface area contributed by atoms with E-state index in [1.807, 2.05) is 0 Å². The zero-order valence-electron chi connectivity index (χ0n) is 9.28. The highest BCUT2D eigenvalue weighted by Crippen LogP contribution is 2.18. The number of rotatable bonds is 2. The van der Waals surface area contributed by atoms with E-state index in [4.69, 9.17) is 17.3 Å². The topological polar surface area (TPSA) is 55.1 Å². The summed E-state index contributed by atoms with van der Waals surface area (Å²) in [4.78, 5) is 11.8. The summed E-state index contributed by atoms with van der Waals surface area (Å²) in [6.07, 6.45) is 0. The molecule has 0 aromatic heterocycles. The molecule has 0 saturated heterocycles. The van der Waals surface area contributed by atoms with Crippen LogP contribution >= 0.6 is 11.6 Å². The minimum Gasteiger partial charge on any atom is -0.399 e. The molecule has 0 aliphatic rings. The van der Waals surface area contributed by atoms with Crippen LogP contribution in [0.3, 0.4) is 0 Å². The van der Waals surface area contributed by atoms with Gasteiger partial charge < -0.3 is 11.1 Å². The van der Waals surface area contributed by atoms with Crippen molar-refractivity contribution in [3.63, 3.8) is 0 Å². The molecule has 0 aliphatic carbocycles. The van der Waals surface area contributed by atoms with Gasteiger partial charge in [-0.1, -0.05) is 17.7 Å². The first kappa shape index (κ1) is 12.4. The van der Waals surface area contributed by atoms with E-state index in [9.17, 15) is 9.18 Å². The Morgan fingerprint density at radius 2 is 2.00 bits per heavy atom. The minimum absolute atomic E-state index is 0.107. The van der Waals surface area contributed by atoms with E-state index in [2.05, 4.69) is 5.32 Å². The van der Waals surface area contributed by atoms with Gasteiger partial charge in [0.25, 0.3) is 5.91 Å². The molecule has 0 bridgehead atoms. The summed E-state index contributed by atoms with van der Waals surface area (Å²) in [6.45, 7) is 0. The van der Waals surface area contributed by atoms with Gasteiger partial charge in [0.1, 0.15) is 5.82 Å². The van der Waals surface area contributed by atoms with Crippen molar-refractivity contribution in [1.82, 2.24) is 0 Å². The predicted molar refractivity (Wildman–Crippen MR) is 70.2 cm³/mol. The molecule has 3 nitrogen and oxygen atoms in total. The van der Waals surface area contributed by atoms with Crippen LogP contribution in [0.5, 0.6) is 0 Å². The fraction of sp³-hybridized carbons (Fsp3) is 0. The maximum absolute atomic E-state index is 13.5. The van der Waals surface area contributed by atoms with E-state index in [-0.39, 0.29) is 5.56 Å². The molecule has 18 heavy (non-hydrogen) atoms. The summed E-state index contributed by atoms with van der Waals surface area (Å²) in [5.74, 6) is -1.19. The quantitative estimate of drug-likeness (QED) is 0.818. The molecule has 0 fully saturated rings. The van der Waals surface area contributed by atoms with Crippen molar-refractivity contribution in [2.24, 2.45) is 0 Å². The Morgan fingerprint density at radius 1 is 1.22 bits per heavy atom. The number of carbonyl (C=O) groups is 1. The summed E-state index contributed by atoms with van der Waals surface area (Å²) in [5.41, 5.74) is 6.49.